The summed E-state index contributed by atoms with van der Waals surface area (Å²) in [5, 5.41) is 3.11. The van der Waals surface area contributed by atoms with Crippen LogP contribution in [-0.2, 0) is 4.74 Å². The second-order valence-electron chi connectivity index (χ2n) is 2.11. The first-order chi connectivity index (χ1) is 3.79. The fourth-order valence-electron chi connectivity index (χ4n) is 0.641. The summed E-state index contributed by atoms with van der Waals surface area (Å²) in [5.41, 5.74) is 0.989. The summed E-state index contributed by atoms with van der Waals surface area (Å²) in [6.45, 7) is 7.32. The topological polar surface area (TPSA) is 21.3 Å². The maximum absolute atomic E-state index is 5.23. The Morgan fingerprint density at radius 1 is 1.88 bits per heavy atom. The van der Waals surface area contributed by atoms with E-state index in [1.807, 2.05) is 6.92 Å². The van der Waals surface area contributed by atoms with Crippen molar-refractivity contribution >= 4 is 0 Å². The van der Waals surface area contributed by atoms with Crippen molar-refractivity contribution in [3.8, 4) is 0 Å². The van der Waals surface area contributed by atoms with E-state index in [9.17, 15) is 0 Å². The van der Waals surface area contributed by atoms with Gasteiger partial charge in [-0.1, -0.05) is 6.58 Å². The van der Waals surface area contributed by atoms with E-state index < -0.39 is 0 Å². The zero-order valence-electron chi connectivity index (χ0n) is 5.11. The fourth-order valence-corrected chi connectivity index (χ4v) is 0.641. The van der Waals surface area contributed by atoms with Gasteiger partial charge in [0.2, 0.25) is 0 Å². The Labute approximate surface area is 49.5 Å². The number of hydrogen-bond donors (Lipinski definition) is 1. The number of hydrogen-bond acceptors (Lipinski definition) is 2. The van der Waals surface area contributed by atoms with E-state index in [2.05, 4.69) is 11.9 Å². The quantitative estimate of drug-likeness (QED) is 0.494. The first-order valence-corrected chi connectivity index (χ1v) is 2.82. The molecule has 0 radical (unpaired) electrons. The number of morpholine rings is 1. The highest BCUT2D eigenvalue weighted by Gasteiger charge is 2.08. The molecule has 0 spiro atoms. The maximum atomic E-state index is 5.23. The summed E-state index contributed by atoms with van der Waals surface area (Å²) in [6, 6.07) is 0. The van der Waals surface area contributed by atoms with Crippen molar-refractivity contribution < 1.29 is 4.74 Å². The van der Waals surface area contributed by atoms with E-state index in [0.29, 0.717) is 12.7 Å². The minimum atomic E-state index is 0.348. The van der Waals surface area contributed by atoms with Crippen LogP contribution >= 0.6 is 0 Å². The molecule has 46 valence electrons. The van der Waals surface area contributed by atoms with Crippen molar-refractivity contribution in [3.63, 3.8) is 0 Å². The molecule has 2 nitrogen and oxygen atoms in total. The first kappa shape index (κ1) is 5.63. The molecule has 1 aliphatic heterocycles. The third kappa shape index (κ3) is 1.23. The third-order valence-corrected chi connectivity index (χ3v) is 1.18. The highest BCUT2D eigenvalue weighted by Crippen LogP contribution is 1.99. The largest absolute Gasteiger partial charge is 0.384 e. The Morgan fingerprint density at radius 3 is 3.00 bits per heavy atom. The van der Waals surface area contributed by atoms with Gasteiger partial charge in [-0.15, -0.1) is 0 Å². The Kier molecular flexibility index (Phi) is 1.53. The molecule has 2 heteroatoms. The number of rotatable bonds is 0. The molecule has 0 aliphatic carbocycles. The minimum Gasteiger partial charge on any atom is -0.384 e. The van der Waals surface area contributed by atoms with Gasteiger partial charge in [0.1, 0.15) is 0 Å². The predicted molar refractivity (Wildman–Crippen MR) is 32.6 cm³/mol. The molecule has 0 amide bonds. The van der Waals surface area contributed by atoms with Crippen LogP contribution in [0, 0.1) is 0 Å². The van der Waals surface area contributed by atoms with Gasteiger partial charge in [-0.3, -0.25) is 0 Å². The Morgan fingerprint density at radius 2 is 2.62 bits per heavy atom. The molecule has 1 unspecified atom stereocenters. The fraction of sp³-hybridized carbons (Fsp3) is 0.667. The smallest absolute Gasteiger partial charge is 0.0860 e. The second-order valence-corrected chi connectivity index (χ2v) is 2.11. The van der Waals surface area contributed by atoms with Gasteiger partial charge < -0.3 is 10.1 Å². The summed E-state index contributed by atoms with van der Waals surface area (Å²) in [7, 11) is 0. The lowest BCUT2D eigenvalue weighted by Gasteiger charge is -2.22. The van der Waals surface area contributed by atoms with Crippen LogP contribution in [0.15, 0.2) is 12.3 Å². The van der Waals surface area contributed by atoms with Crippen LogP contribution in [0.5, 0.6) is 0 Å². The van der Waals surface area contributed by atoms with Crippen molar-refractivity contribution in [2.75, 3.05) is 13.2 Å². The zero-order chi connectivity index (χ0) is 5.98. The van der Waals surface area contributed by atoms with Gasteiger partial charge in [-0.25, -0.2) is 0 Å². The average molecular weight is 113 g/mol. The summed E-state index contributed by atoms with van der Waals surface area (Å²) >= 11 is 0. The summed E-state index contributed by atoms with van der Waals surface area (Å²) < 4.78 is 5.23. The molecular formula is C6H11NO. The van der Waals surface area contributed by atoms with Gasteiger partial charge >= 0.3 is 0 Å². The van der Waals surface area contributed by atoms with Crippen LogP contribution < -0.4 is 5.32 Å². The van der Waals surface area contributed by atoms with E-state index in [-0.39, 0.29) is 0 Å². The van der Waals surface area contributed by atoms with Gasteiger partial charge in [-0.05, 0) is 6.92 Å². The van der Waals surface area contributed by atoms with Gasteiger partial charge in [-0.2, -0.15) is 0 Å². The summed E-state index contributed by atoms with van der Waals surface area (Å²) in [4.78, 5) is 0. The molecule has 1 N–H and O–H groups in total. The van der Waals surface area contributed by atoms with Crippen LogP contribution in [0.1, 0.15) is 6.92 Å². The van der Waals surface area contributed by atoms with E-state index >= 15 is 0 Å². The third-order valence-electron chi connectivity index (χ3n) is 1.18. The van der Waals surface area contributed by atoms with E-state index in [4.69, 9.17) is 4.74 Å². The standard InChI is InChI=1S/C6H11NO/c1-5-4-8-6(2)3-7-5/h6-7H,1,3-4H2,2H3. The molecule has 1 atom stereocenters. The minimum absolute atomic E-state index is 0.348. The van der Waals surface area contributed by atoms with E-state index in [0.717, 1.165) is 12.2 Å². The number of nitrogens with one attached hydrogen (secondary N) is 1. The van der Waals surface area contributed by atoms with Gasteiger partial charge in [0.25, 0.3) is 0 Å². The Balaban J connectivity index is 2.29. The van der Waals surface area contributed by atoms with E-state index in [1.165, 1.54) is 0 Å². The molecular weight excluding hydrogens is 102 g/mol. The van der Waals surface area contributed by atoms with Crippen molar-refractivity contribution in [1.29, 1.82) is 0 Å². The normalized spacial score (nSPS) is 29.6. The van der Waals surface area contributed by atoms with Crippen LogP contribution in [0.3, 0.4) is 0 Å². The molecule has 0 saturated carbocycles. The highest BCUT2D eigenvalue weighted by atomic mass is 16.5. The first-order valence-electron chi connectivity index (χ1n) is 2.82. The Hall–Kier alpha value is -0.500. The van der Waals surface area contributed by atoms with E-state index in [1.54, 1.807) is 0 Å². The molecule has 1 saturated heterocycles. The second kappa shape index (κ2) is 2.18. The van der Waals surface area contributed by atoms with Gasteiger partial charge in [0.15, 0.2) is 0 Å². The maximum Gasteiger partial charge on any atom is 0.0860 e. The molecule has 1 fully saturated rings. The SMILES string of the molecule is C=C1COC(C)CN1. The zero-order valence-corrected chi connectivity index (χ0v) is 5.11. The highest BCUT2D eigenvalue weighted by molar-refractivity contribution is 4.94. The molecule has 1 aliphatic rings. The predicted octanol–water partition coefficient (Wildman–Crippen LogP) is 0.508. The molecule has 8 heavy (non-hydrogen) atoms. The van der Waals surface area contributed by atoms with Crippen LogP contribution in [-0.4, -0.2) is 19.3 Å². The summed E-state index contributed by atoms with van der Waals surface area (Å²) in [6.07, 6.45) is 0.348. The molecule has 0 aromatic heterocycles. The molecule has 0 aromatic carbocycles. The Bertz CT molecular complexity index is 90.7. The lowest BCUT2D eigenvalue weighted by molar-refractivity contribution is 0.0604. The van der Waals surface area contributed by atoms with Crippen molar-refractivity contribution in [1.82, 2.24) is 5.32 Å². The molecule has 0 aromatic rings. The summed E-state index contributed by atoms with van der Waals surface area (Å²) in [5.74, 6) is 0. The lowest BCUT2D eigenvalue weighted by atomic mass is 10.3. The van der Waals surface area contributed by atoms with Gasteiger partial charge in [0, 0.05) is 12.2 Å². The molecule has 1 rings (SSSR count). The van der Waals surface area contributed by atoms with Crippen molar-refractivity contribution in [3.05, 3.63) is 12.3 Å². The van der Waals surface area contributed by atoms with Crippen LogP contribution in [0.2, 0.25) is 0 Å². The van der Waals surface area contributed by atoms with Gasteiger partial charge in [0.05, 0.1) is 12.7 Å². The lowest BCUT2D eigenvalue weighted by Crippen LogP contribution is -2.34. The van der Waals surface area contributed by atoms with Crippen LogP contribution in [0.25, 0.3) is 0 Å². The monoisotopic (exact) mass is 113 g/mol. The molecule has 0 bridgehead atoms. The molecule has 1 heterocycles. The number of ether oxygens (including phenoxy) is 1. The van der Waals surface area contributed by atoms with Crippen molar-refractivity contribution in [2.45, 2.75) is 13.0 Å². The van der Waals surface area contributed by atoms with Crippen LogP contribution in [0.4, 0.5) is 0 Å². The average Bonchev–Trinajstić information content (AvgIpc) is 1.77. The van der Waals surface area contributed by atoms with Crippen molar-refractivity contribution in [2.24, 2.45) is 0 Å².